The summed E-state index contributed by atoms with van der Waals surface area (Å²) in [5, 5.41) is 2.81. The minimum absolute atomic E-state index is 0.117. The van der Waals surface area contributed by atoms with Crippen LogP contribution >= 0.6 is 0 Å². The number of rotatable bonds is 11. The molecule has 2 aromatic carbocycles. The van der Waals surface area contributed by atoms with E-state index in [9.17, 15) is 13.2 Å². The average Bonchev–Trinajstić information content (AvgIpc) is 2.69. The Kier molecular flexibility index (Phi) is 8.72. The van der Waals surface area contributed by atoms with E-state index >= 15 is 0 Å². The summed E-state index contributed by atoms with van der Waals surface area (Å²) in [4.78, 5) is 12.1. The Balaban J connectivity index is 1.90. The van der Waals surface area contributed by atoms with Gasteiger partial charge in [-0.05, 0) is 42.5 Å². The van der Waals surface area contributed by atoms with Crippen molar-refractivity contribution in [1.82, 2.24) is 5.32 Å². The molecule has 0 radical (unpaired) electrons. The fraction of sp³-hybridized carbons (Fsp3) is 0.435. The van der Waals surface area contributed by atoms with Gasteiger partial charge in [-0.15, -0.1) is 0 Å². The van der Waals surface area contributed by atoms with Crippen molar-refractivity contribution in [1.29, 1.82) is 0 Å². The molecule has 0 aromatic heterocycles. The highest BCUT2D eigenvalue weighted by atomic mass is 32.2. The molecule has 0 aliphatic heterocycles. The highest BCUT2D eigenvalue weighted by Gasteiger charge is 2.23. The highest BCUT2D eigenvalue weighted by molar-refractivity contribution is 7.92. The molecule has 0 aliphatic carbocycles. The zero-order valence-corrected chi connectivity index (χ0v) is 19.0. The fourth-order valence-corrected chi connectivity index (χ4v) is 4.32. The topological polar surface area (TPSA) is 75.7 Å². The van der Waals surface area contributed by atoms with Gasteiger partial charge in [-0.1, -0.05) is 50.2 Å². The number of amides is 1. The molecule has 0 heterocycles. The van der Waals surface area contributed by atoms with E-state index in [0.717, 1.165) is 22.6 Å². The van der Waals surface area contributed by atoms with Gasteiger partial charge in [0.05, 0.1) is 18.5 Å². The van der Waals surface area contributed by atoms with Crippen LogP contribution in [0.5, 0.6) is 5.75 Å². The monoisotopic (exact) mass is 432 g/mol. The predicted molar refractivity (Wildman–Crippen MR) is 122 cm³/mol. The SMILES string of the molecule is Cc1cccc(C(C)C)c1N(CCCC(=O)NCCOc1ccccc1)S(C)(=O)=O. The third-order valence-electron chi connectivity index (χ3n) is 4.74. The van der Waals surface area contributed by atoms with Crippen molar-refractivity contribution in [3.05, 3.63) is 59.7 Å². The molecule has 2 rings (SSSR count). The van der Waals surface area contributed by atoms with Crippen LogP contribution in [0.3, 0.4) is 0 Å². The molecule has 0 atom stereocenters. The van der Waals surface area contributed by atoms with Crippen molar-refractivity contribution >= 4 is 21.6 Å². The summed E-state index contributed by atoms with van der Waals surface area (Å²) in [7, 11) is -3.46. The van der Waals surface area contributed by atoms with Crippen molar-refractivity contribution in [2.24, 2.45) is 0 Å². The number of hydrogen-bond acceptors (Lipinski definition) is 4. The molecule has 6 nitrogen and oxygen atoms in total. The van der Waals surface area contributed by atoms with Crippen molar-refractivity contribution in [3.63, 3.8) is 0 Å². The van der Waals surface area contributed by atoms with E-state index in [-0.39, 0.29) is 24.8 Å². The molecule has 0 bridgehead atoms. The Morgan fingerprint density at radius 3 is 2.43 bits per heavy atom. The number of ether oxygens (including phenoxy) is 1. The average molecular weight is 433 g/mol. The Hall–Kier alpha value is -2.54. The number of nitrogens with one attached hydrogen (secondary N) is 1. The molecule has 1 N–H and O–H groups in total. The number of nitrogens with zero attached hydrogens (tertiary/aromatic N) is 1. The molecule has 0 aliphatic rings. The largest absolute Gasteiger partial charge is 0.492 e. The van der Waals surface area contributed by atoms with Crippen LogP contribution in [0, 0.1) is 6.92 Å². The van der Waals surface area contributed by atoms with Crippen molar-refractivity contribution in [2.75, 3.05) is 30.3 Å². The second kappa shape index (κ2) is 11.0. The van der Waals surface area contributed by atoms with E-state index < -0.39 is 10.0 Å². The van der Waals surface area contributed by atoms with Gasteiger partial charge in [-0.3, -0.25) is 9.10 Å². The van der Waals surface area contributed by atoms with Crippen LogP contribution in [0.15, 0.2) is 48.5 Å². The lowest BCUT2D eigenvalue weighted by Crippen LogP contribution is -2.34. The normalized spacial score (nSPS) is 11.4. The first-order chi connectivity index (χ1) is 14.2. The Labute approximate surface area is 180 Å². The van der Waals surface area contributed by atoms with Crippen molar-refractivity contribution in [2.45, 2.75) is 39.5 Å². The summed E-state index contributed by atoms with van der Waals surface area (Å²) >= 11 is 0. The summed E-state index contributed by atoms with van der Waals surface area (Å²) in [5.74, 6) is 0.834. The summed E-state index contributed by atoms with van der Waals surface area (Å²) in [6.07, 6.45) is 1.90. The van der Waals surface area contributed by atoms with Crippen molar-refractivity contribution in [3.8, 4) is 5.75 Å². The maximum Gasteiger partial charge on any atom is 0.232 e. The first kappa shape index (κ1) is 23.7. The number of anilines is 1. The maximum absolute atomic E-state index is 12.5. The number of benzene rings is 2. The Morgan fingerprint density at radius 1 is 1.10 bits per heavy atom. The zero-order valence-electron chi connectivity index (χ0n) is 18.2. The van der Waals surface area contributed by atoms with Crippen LogP contribution in [0.1, 0.15) is 43.7 Å². The molecule has 0 fully saturated rings. The lowest BCUT2D eigenvalue weighted by atomic mass is 9.98. The van der Waals surface area contributed by atoms with Crippen LogP contribution in [-0.2, 0) is 14.8 Å². The first-order valence-corrected chi connectivity index (χ1v) is 12.1. The second-order valence-electron chi connectivity index (χ2n) is 7.62. The quantitative estimate of drug-likeness (QED) is 0.547. The molecule has 0 saturated heterocycles. The van der Waals surface area contributed by atoms with Crippen LogP contribution in [0.25, 0.3) is 0 Å². The molecule has 0 spiro atoms. The first-order valence-electron chi connectivity index (χ1n) is 10.2. The van der Waals surface area contributed by atoms with Crippen LogP contribution in [0.4, 0.5) is 5.69 Å². The minimum atomic E-state index is -3.46. The van der Waals surface area contributed by atoms with Gasteiger partial charge in [0.1, 0.15) is 12.4 Å². The lowest BCUT2D eigenvalue weighted by molar-refractivity contribution is -0.121. The molecular weight excluding hydrogens is 400 g/mol. The third kappa shape index (κ3) is 7.06. The van der Waals surface area contributed by atoms with Crippen molar-refractivity contribution < 1.29 is 17.9 Å². The van der Waals surface area contributed by atoms with Gasteiger partial charge in [-0.2, -0.15) is 0 Å². The number of carbonyl (C=O) groups excluding carboxylic acids is 1. The van der Waals surface area contributed by atoms with E-state index in [1.165, 1.54) is 10.6 Å². The number of para-hydroxylation sites is 2. The summed E-state index contributed by atoms with van der Waals surface area (Å²) < 4.78 is 32.0. The van der Waals surface area contributed by atoms with Crippen LogP contribution in [-0.4, -0.2) is 40.3 Å². The van der Waals surface area contributed by atoms with E-state index in [2.05, 4.69) is 5.32 Å². The molecule has 7 heteroatoms. The zero-order chi connectivity index (χ0) is 22.1. The molecule has 0 unspecified atom stereocenters. The Bertz CT molecular complexity index is 927. The van der Waals surface area contributed by atoms with E-state index in [4.69, 9.17) is 4.74 Å². The molecule has 1 amide bonds. The standard InChI is InChI=1S/C23H32N2O4S/c1-18(2)21-13-8-10-19(3)23(21)25(30(4,27)28)16-9-14-22(26)24-15-17-29-20-11-6-5-7-12-20/h5-8,10-13,18H,9,14-17H2,1-4H3,(H,24,26). The number of aryl methyl sites for hydroxylation is 1. The minimum Gasteiger partial charge on any atom is -0.492 e. The Morgan fingerprint density at radius 2 is 1.80 bits per heavy atom. The van der Waals surface area contributed by atoms with E-state index in [0.29, 0.717) is 19.6 Å². The molecular formula is C23H32N2O4S. The van der Waals surface area contributed by atoms with Crippen LogP contribution in [0.2, 0.25) is 0 Å². The fourth-order valence-electron chi connectivity index (χ4n) is 3.28. The number of hydrogen-bond donors (Lipinski definition) is 1. The second-order valence-corrected chi connectivity index (χ2v) is 9.52. The van der Waals surface area contributed by atoms with Gasteiger partial charge in [-0.25, -0.2) is 8.42 Å². The molecule has 30 heavy (non-hydrogen) atoms. The maximum atomic E-state index is 12.5. The van der Waals surface area contributed by atoms with E-state index in [1.54, 1.807) is 0 Å². The van der Waals surface area contributed by atoms with Gasteiger partial charge in [0.25, 0.3) is 0 Å². The lowest BCUT2D eigenvalue weighted by Gasteiger charge is -2.28. The molecule has 0 saturated carbocycles. The van der Waals surface area contributed by atoms with Gasteiger partial charge >= 0.3 is 0 Å². The predicted octanol–water partition coefficient (Wildman–Crippen LogP) is 3.86. The number of sulfonamides is 1. The smallest absolute Gasteiger partial charge is 0.232 e. The third-order valence-corrected chi connectivity index (χ3v) is 5.91. The van der Waals surface area contributed by atoms with Crippen LogP contribution < -0.4 is 14.4 Å². The van der Waals surface area contributed by atoms with Gasteiger partial charge in [0.15, 0.2) is 0 Å². The van der Waals surface area contributed by atoms with Gasteiger partial charge in [0.2, 0.25) is 15.9 Å². The summed E-state index contributed by atoms with van der Waals surface area (Å²) in [6.45, 7) is 7.05. The summed E-state index contributed by atoms with van der Waals surface area (Å²) in [6, 6.07) is 15.2. The number of carbonyl (C=O) groups is 1. The summed E-state index contributed by atoms with van der Waals surface area (Å²) in [5.41, 5.74) is 2.63. The molecule has 164 valence electrons. The molecule has 2 aromatic rings. The van der Waals surface area contributed by atoms with Gasteiger partial charge in [0, 0.05) is 13.0 Å². The van der Waals surface area contributed by atoms with E-state index in [1.807, 2.05) is 69.3 Å². The highest BCUT2D eigenvalue weighted by Crippen LogP contribution is 2.32. The van der Waals surface area contributed by atoms with Gasteiger partial charge < -0.3 is 10.1 Å².